The van der Waals surface area contributed by atoms with Gasteiger partial charge in [-0.1, -0.05) is 36.8 Å². The molecule has 0 radical (unpaired) electrons. The van der Waals surface area contributed by atoms with E-state index < -0.39 is 40.3 Å². The number of piperidine rings is 1. The monoisotopic (exact) mass is 488 g/mol. The van der Waals surface area contributed by atoms with E-state index in [2.05, 4.69) is 4.90 Å². The molecule has 10 nitrogen and oxygen atoms in total. The maximum absolute atomic E-state index is 13.1. The Labute approximate surface area is 206 Å². The molecule has 36 heavy (non-hydrogen) atoms. The number of nitrogen functional groups attached to an aromatic ring is 1. The number of hydrazine groups is 1. The second-order valence-electron chi connectivity index (χ2n) is 8.30. The van der Waals surface area contributed by atoms with Gasteiger partial charge in [0.2, 0.25) is 5.76 Å². The molecule has 1 aromatic heterocycles. The molecular formula is C26H24N4O6. The number of benzene rings is 2. The predicted octanol–water partition coefficient (Wildman–Crippen LogP) is 3.11. The highest BCUT2D eigenvalue weighted by Gasteiger charge is 2.30. The van der Waals surface area contributed by atoms with Crippen LogP contribution in [0.1, 0.15) is 61.7 Å². The molecule has 10 heteroatoms. The number of carbonyl (C=O) groups is 3. The van der Waals surface area contributed by atoms with Gasteiger partial charge in [0.25, 0.3) is 5.91 Å². The van der Waals surface area contributed by atoms with E-state index in [0.717, 1.165) is 50.0 Å². The van der Waals surface area contributed by atoms with E-state index in [1.54, 1.807) is 6.07 Å². The highest BCUT2D eigenvalue weighted by Crippen LogP contribution is 2.31. The number of nitrogens with zero attached hydrogens (tertiary/aromatic N) is 2. The van der Waals surface area contributed by atoms with Gasteiger partial charge in [0.1, 0.15) is 17.4 Å². The third-order valence-electron chi connectivity index (χ3n) is 6.05. The summed E-state index contributed by atoms with van der Waals surface area (Å²) in [6.45, 7) is 2.17. The van der Waals surface area contributed by atoms with E-state index in [9.17, 15) is 24.8 Å². The summed E-state index contributed by atoms with van der Waals surface area (Å²) >= 11 is 0. The average molecular weight is 489 g/mol. The van der Waals surface area contributed by atoms with E-state index in [4.69, 9.17) is 15.0 Å². The van der Waals surface area contributed by atoms with Gasteiger partial charge in [0.15, 0.2) is 0 Å². The molecule has 0 saturated carbocycles. The van der Waals surface area contributed by atoms with Crippen molar-refractivity contribution >= 4 is 17.8 Å². The Kier molecular flexibility index (Phi) is 7.44. The number of esters is 2. The van der Waals surface area contributed by atoms with Gasteiger partial charge in [0.05, 0.1) is 17.4 Å². The first kappa shape index (κ1) is 24.7. The Morgan fingerprint density at radius 1 is 1.08 bits per heavy atom. The van der Waals surface area contributed by atoms with Crippen LogP contribution in [0.5, 0.6) is 5.75 Å². The summed E-state index contributed by atoms with van der Waals surface area (Å²) < 4.78 is 10.7. The Morgan fingerprint density at radius 3 is 2.47 bits per heavy atom. The normalized spacial score (nSPS) is 13.6. The number of nitrogens with two attached hydrogens (primary N) is 1. The van der Waals surface area contributed by atoms with Crippen LogP contribution in [0.25, 0.3) is 11.1 Å². The number of likely N-dealkylation sites (tertiary alicyclic amines) is 1. The molecule has 184 valence electrons. The number of phenols is 1. The number of carbonyl (C=O) groups excluding carboxylic acids is 3. The van der Waals surface area contributed by atoms with Gasteiger partial charge >= 0.3 is 11.9 Å². The minimum atomic E-state index is -1.20. The van der Waals surface area contributed by atoms with E-state index in [-0.39, 0.29) is 5.76 Å². The standard InChI is InChI=1S/C26H24N4O6/c27-13-18-21(31)10-9-17(22(18)24(32)29-28)25(33)36-26(34)23-19(14-30-11-5-2-6-12-30)20(15-35-23)16-7-3-1-4-8-16/h1,3-4,7-10,15,31H,2,5-6,11-12,14,28H2,(H,29,32). The first-order valence-corrected chi connectivity index (χ1v) is 11.4. The number of nitriles is 1. The molecule has 1 saturated heterocycles. The number of ether oxygens (including phenoxy) is 1. The van der Waals surface area contributed by atoms with Crippen molar-refractivity contribution in [2.24, 2.45) is 5.84 Å². The summed E-state index contributed by atoms with van der Waals surface area (Å²) in [6.07, 6.45) is 4.69. The van der Waals surface area contributed by atoms with Gasteiger partial charge in [0, 0.05) is 17.7 Å². The topological polar surface area (TPSA) is 159 Å². The second-order valence-corrected chi connectivity index (χ2v) is 8.30. The third kappa shape index (κ3) is 4.98. The van der Waals surface area contributed by atoms with Crippen molar-refractivity contribution in [1.29, 1.82) is 5.26 Å². The van der Waals surface area contributed by atoms with Gasteiger partial charge < -0.3 is 14.3 Å². The number of aromatic hydroxyl groups is 1. The van der Waals surface area contributed by atoms with Gasteiger partial charge in [-0.3, -0.25) is 15.1 Å². The number of amides is 1. The quantitative estimate of drug-likeness (QED) is 0.156. The molecule has 4 rings (SSSR count). The maximum atomic E-state index is 13.1. The molecule has 2 heterocycles. The molecule has 1 amide bonds. The van der Waals surface area contributed by atoms with Crippen LogP contribution in [0.3, 0.4) is 0 Å². The summed E-state index contributed by atoms with van der Waals surface area (Å²) in [4.78, 5) is 40.5. The fraction of sp³-hybridized carbons (Fsp3) is 0.231. The second kappa shape index (κ2) is 10.9. The van der Waals surface area contributed by atoms with Crippen molar-refractivity contribution in [3.63, 3.8) is 0 Å². The molecule has 1 aliphatic rings. The van der Waals surface area contributed by atoms with Crippen molar-refractivity contribution in [3.05, 3.63) is 76.7 Å². The zero-order chi connectivity index (χ0) is 25.7. The number of phenolic OH excluding ortho intramolecular Hbond substituents is 1. The van der Waals surface area contributed by atoms with Crippen molar-refractivity contribution in [1.82, 2.24) is 10.3 Å². The summed E-state index contributed by atoms with van der Waals surface area (Å²) in [7, 11) is 0. The Bertz CT molecular complexity index is 1340. The molecule has 0 spiro atoms. The number of furan rings is 1. The molecule has 3 aromatic rings. The largest absolute Gasteiger partial charge is 0.507 e. The average Bonchev–Trinajstić information content (AvgIpc) is 3.32. The van der Waals surface area contributed by atoms with E-state index >= 15 is 0 Å². The maximum Gasteiger partial charge on any atom is 0.382 e. The van der Waals surface area contributed by atoms with Crippen molar-refractivity contribution in [2.75, 3.05) is 13.1 Å². The Balaban J connectivity index is 1.68. The fourth-order valence-corrected chi connectivity index (χ4v) is 4.28. The lowest BCUT2D eigenvalue weighted by molar-refractivity contribution is 0.0371. The third-order valence-corrected chi connectivity index (χ3v) is 6.05. The molecule has 2 aromatic carbocycles. The number of hydrogen-bond donors (Lipinski definition) is 3. The van der Waals surface area contributed by atoms with Gasteiger partial charge in [-0.2, -0.15) is 5.26 Å². The van der Waals surface area contributed by atoms with Crippen molar-refractivity contribution in [3.8, 4) is 22.9 Å². The lowest BCUT2D eigenvalue weighted by Gasteiger charge is -2.26. The summed E-state index contributed by atoms with van der Waals surface area (Å²) in [5.41, 5.74) is 2.57. The number of nitrogens with one attached hydrogen (secondary N) is 1. The van der Waals surface area contributed by atoms with Crippen LogP contribution < -0.4 is 11.3 Å². The smallest absolute Gasteiger partial charge is 0.382 e. The SMILES string of the molecule is N#Cc1c(O)ccc(C(=O)OC(=O)c2occ(-c3ccccc3)c2CN2CCCCC2)c1C(=O)NN. The zero-order valence-electron chi connectivity index (χ0n) is 19.3. The van der Waals surface area contributed by atoms with Crippen molar-refractivity contribution < 1.29 is 28.6 Å². The van der Waals surface area contributed by atoms with Crippen LogP contribution in [-0.2, 0) is 11.3 Å². The van der Waals surface area contributed by atoms with Crippen LogP contribution >= 0.6 is 0 Å². The molecule has 0 unspecified atom stereocenters. The number of hydrogen-bond acceptors (Lipinski definition) is 9. The van der Waals surface area contributed by atoms with Crippen molar-refractivity contribution in [2.45, 2.75) is 25.8 Å². The van der Waals surface area contributed by atoms with Gasteiger partial charge in [-0.05, 0) is 43.6 Å². The molecule has 1 fully saturated rings. The fourth-order valence-electron chi connectivity index (χ4n) is 4.28. The summed E-state index contributed by atoms with van der Waals surface area (Å²) in [6, 6.07) is 13.2. The molecular weight excluding hydrogens is 464 g/mol. The highest BCUT2D eigenvalue weighted by atomic mass is 16.6. The van der Waals surface area contributed by atoms with Crippen LogP contribution in [0.15, 0.2) is 53.1 Å². The Morgan fingerprint density at radius 2 is 1.81 bits per heavy atom. The lowest BCUT2D eigenvalue weighted by Crippen LogP contribution is -2.32. The molecule has 0 aliphatic carbocycles. The summed E-state index contributed by atoms with van der Waals surface area (Å²) in [5.74, 6) is 1.28. The van der Waals surface area contributed by atoms with Gasteiger partial charge in [-0.15, -0.1) is 0 Å². The summed E-state index contributed by atoms with van der Waals surface area (Å²) in [5, 5.41) is 19.3. The minimum Gasteiger partial charge on any atom is -0.507 e. The minimum absolute atomic E-state index is 0.128. The molecule has 0 bridgehead atoms. The lowest BCUT2D eigenvalue weighted by atomic mass is 10.00. The van der Waals surface area contributed by atoms with E-state index in [0.29, 0.717) is 17.7 Å². The Hall–Kier alpha value is -4.46. The van der Waals surface area contributed by atoms with Crippen LogP contribution in [0.2, 0.25) is 0 Å². The predicted molar refractivity (Wildman–Crippen MR) is 127 cm³/mol. The van der Waals surface area contributed by atoms with E-state index in [1.807, 2.05) is 35.8 Å². The number of rotatable bonds is 6. The molecule has 1 aliphatic heterocycles. The van der Waals surface area contributed by atoms with Crippen LogP contribution in [0.4, 0.5) is 0 Å². The highest BCUT2D eigenvalue weighted by molar-refractivity contribution is 6.10. The first-order valence-electron chi connectivity index (χ1n) is 11.4. The molecule has 4 N–H and O–H groups in total. The van der Waals surface area contributed by atoms with Gasteiger partial charge in [-0.25, -0.2) is 15.4 Å². The van der Waals surface area contributed by atoms with Crippen LogP contribution in [-0.4, -0.2) is 40.9 Å². The molecule has 0 atom stereocenters. The van der Waals surface area contributed by atoms with E-state index in [1.165, 1.54) is 6.26 Å². The zero-order valence-corrected chi connectivity index (χ0v) is 19.3. The van der Waals surface area contributed by atoms with Crippen LogP contribution in [0, 0.1) is 11.3 Å². The first-order chi connectivity index (χ1) is 17.4.